The van der Waals surface area contributed by atoms with Crippen molar-refractivity contribution in [1.82, 2.24) is 15.0 Å². The highest BCUT2D eigenvalue weighted by Crippen LogP contribution is 2.23. The lowest BCUT2D eigenvalue weighted by molar-refractivity contribution is 0.628. The monoisotopic (exact) mass is 295 g/mol. The lowest BCUT2D eigenvalue weighted by atomic mass is 10.2. The average Bonchev–Trinajstić information content (AvgIpc) is 2.38. The lowest BCUT2D eigenvalue weighted by Crippen LogP contribution is -2.25. The van der Waals surface area contributed by atoms with Crippen molar-refractivity contribution in [2.24, 2.45) is 0 Å². The molecular formula is C13H15ClFN5. The fraction of sp³-hybridized carbons (Fsp3) is 0.308. The van der Waals surface area contributed by atoms with Crippen LogP contribution in [0.4, 0.5) is 16.3 Å². The van der Waals surface area contributed by atoms with Crippen molar-refractivity contribution in [1.29, 1.82) is 0 Å². The highest BCUT2D eigenvalue weighted by atomic mass is 35.5. The van der Waals surface area contributed by atoms with Gasteiger partial charge in [0.1, 0.15) is 5.82 Å². The SMILES string of the molecule is CCN(CC)c1nc(N)nc(-c2cc(F)cc(Cl)c2)n1. The largest absolute Gasteiger partial charge is 0.368 e. The predicted octanol–water partition coefficient (Wildman–Crippen LogP) is 2.76. The molecule has 106 valence electrons. The Kier molecular flexibility index (Phi) is 4.34. The van der Waals surface area contributed by atoms with Crippen molar-refractivity contribution < 1.29 is 4.39 Å². The molecule has 0 bridgehead atoms. The minimum absolute atomic E-state index is 0.0947. The number of benzene rings is 1. The third-order valence-electron chi connectivity index (χ3n) is 2.81. The Labute approximate surface area is 121 Å². The van der Waals surface area contributed by atoms with Crippen LogP contribution in [0.15, 0.2) is 18.2 Å². The summed E-state index contributed by atoms with van der Waals surface area (Å²) in [7, 11) is 0. The van der Waals surface area contributed by atoms with Gasteiger partial charge in [0.05, 0.1) is 0 Å². The summed E-state index contributed by atoms with van der Waals surface area (Å²) in [6, 6.07) is 4.12. The second-order valence-corrected chi connectivity index (χ2v) is 4.58. The Hall–Kier alpha value is -1.95. The zero-order valence-electron chi connectivity index (χ0n) is 11.3. The van der Waals surface area contributed by atoms with Crippen LogP contribution in [0.25, 0.3) is 11.4 Å². The first kappa shape index (κ1) is 14.5. The van der Waals surface area contributed by atoms with Gasteiger partial charge in [-0.25, -0.2) is 4.39 Å². The van der Waals surface area contributed by atoms with E-state index >= 15 is 0 Å². The highest BCUT2D eigenvalue weighted by Gasteiger charge is 2.12. The van der Waals surface area contributed by atoms with Crippen molar-refractivity contribution in [3.05, 3.63) is 29.0 Å². The Balaban J connectivity index is 2.51. The van der Waals surface area contributed by atoms with E-state index in [0.717, 1.165) is 13.1 Å². The zero-order valence-corrected chi connectivity index (χ0v) is 12.0. The molecule has 0 unspecified atom stereocenters. The second kappa shape index (κ2) is 6.00. The highest BCUT2D eigenvalue weighted by molar-refractivity contribution is 6.30. The van der Waals surface area contributed by atoms with Crippen LogP contribution in [-0.2, 0) is 0 Å². The van der Waals surface area contributed by atoms with Gasteiger partial charge in [0.25, 0.3) is 0 Å². The third kappa shape index (κ3) is 3.14. The van der Waals surface area contributed by atoms with Gasteiger partial charge in [-0.2, -0.15) is 15.0 Å². The van der Waals surface area contributed by atoms with E-state index < -0.39 is 5.82 Å². The maximum absolute atomic E-state index is 13.4. The summed E-state index contributed by atoms with van der Waals surface area (Å²) in [5.74, 6) is 0.423. The minimum atomic E-state index is -0.448. The summed E-state index contributed by atoms with van der Waals surface area (Å²) >= 11 is 5.84. The van der Waals surface area contributed by atoms with Crippen molar-refractivity contribution in [2.45, 2.75) is 13.8 Å². The fourth-order valence-corrected chi connectivity index (χ4v) is 2.06. The summed E-state index contributed by atoms with van der Waals surface area (Å²) < 4.78 is 13.4. The molecule has 0 radical (unpaired) electrons. The van der Waals surface area contributed by atoms with Gasteiger partial charge in [0.15, 0.2) is 5.82 Å². The van der Waals surface area contributed by atoms with Crippen molar-refractivity contribution in [3.63, 3.8) is 0 Å². The van der Waals surface area contributed by atoms with Gasteiger partial charge in [-0.3, -0.25) is 0 Å². The number of aromatic nitrogens is 3. The van der Waals surface area contributed by atoms with Crippen LogP contribution in [0.3, 0.4) is 0 Å². The van der Waals surface area contributed by atoms with E-state index in [-0.39, 0.29) is 11.0 Å². The molecule has 2 rings (SSSR count). The van der Waals surface area contributed by atoms with Gasteiger partial charge >= 0.3 is 0 Å². The van der Waals surface area contributed by atoms with E-state index in [0.29, 0.717) is 17.3 Å². The molecule has 0 amide bonds. The summed E-state index contributed by atoms with van der Waals surface area (Å²) in [5, 5.41) is 0.281. The molecule has 1 aromatic heterocycles. The summed E-state index contributed by atoms with van der Waals surface area (Å²) in [5.41, 5.74) is 6.17. The quantitative estimate of drug-likeness (QED) is 0.939. The smallest absolute Gasteiger partial charge is 0.230 e. The maximum atomic E-state index is 13.4. The van der Waals surface area contributed by atoms with Gasteiger partial charge in [-0.15, -0.1) is 0 Å². The average molecular weight is 296 g/mol. The number of anilines is 2. The molecule has 5 nitrogen and oxygen atoms in total. The zero-order chi connectivity index (χ0) is 14.7. The molecular weight excluding hydrogens is 281 g/mol. The molecule has 0 saturated carbocycles. The molecule has 0 aliphatic heterocycles. The van der Waals surface area contributed by atoms with Crippen LogP contribution in [0, 0.1) is 5.82 Å². The first-order valence-corrected chi connectivity index (χ1v) is 6.64. The normalized spacial score (nSPS) is 10.6. The number of halogens is 2. The van der Waals surface area contributed by atoms with Crippen molar-refractivity contribution in [2.75, 3.05) is 23.7 Å². The molecule has 2 aromatic rings. The van der Waals surface area contributed by atoms with Crippen molar-refractivity contribution >= 4 is 23.5 Å². The summed E-state index contributed by atoms with van der Waals surface area (Å²) in [6.07, 6.45) is 0. The van der Waals surface area contributed by atoms with E-state index in [1.807, 2.05) is 18.7 Å². The van der Waals surface area contributed by atoms with E-state index in [9.17, 15) is 4.39 Å². The minimum Gasteiger partial charge on any atom is -0.368 e. The van der Waals surface area contributed by atoms with Gasteiger partial charge in [-0.05, 0) is 32.0 Å². The van der Waals surface area contributed by atoms with Crippen LogP contribution in [0.1, 0.15) is 13.8 Å². The summed E-state index contributed by atoms with van der Waals surface area (Å²) in [6.45, 7) is 5.46. The van der Waals surface area contributed by atoms with Gasteiger partial charge < -0.3 is 10.6 Å². The fourth-order valence-electron chi connectivity index (χ4n) is 1.84. The lowest BCUT2D eigenvalue weighted by Gasteiger charge is -2.18. The molecule has 1 aromatic carbocycles. The Morgan fingerprint density at radius 3 is 2.45 bits per heavy atom. The topological polar surface area (TPSA) is 67.9 Å². The number of nitrogens with two attached hydrogens (primary N) is 1. The van der Waals surface area contributed by atoms with E-state index in [1.54, 1.807) is 6.07 Å². The number of rotatable bonds is 4. The molecule has 0 aliphatic carbocycles. The van der Waals surface area contributed by atoms with E-state index in [1.165, 1.54) is 12.1 Å². The number of hydrogen-bond acceptors (Lipinski definition) is 5. The van der Waals surface area contributed by atoms with Crippen LogP contribution < -0.4 is 10.6 Å². The maximum Gasteiger partial charge on any atom is 0.230 e. The number of nitrogen functional groups attached to an aromatic ring is 1. The van der Waals surface area contributed by atoms with Gasteiger partial charge in [-0.1, -0.05) is 11.6 Å². The Morgan fingerprint density at radius 2 is 1.85 bits per heavy atom. The molecule has 0 saturated heterocycles. The Bertz CT molecular complexity index is 595. The van der Waals surface area contributed by atoms with Gasteiger partial charge in [0.2, 0.25) is 11.9 Å². The first-order chi connectivity index (χ1) is 9.53. The van der Waals surface area contributed by atoms with Crippen LogP contribution in [0.5, 0.6) is 0 Å². The molecule has 0 fully saturated rings. The predicted molar refractivity (Wildman–Crippen MR) is 78.2 cm³/mol. The molecule has 20 heavy (non-hydrogen) atoms. The summed E-state index contributed by atoms with van der Waals surface area (Å²) in [4.78, 5) is 14.4. The molecule has 2 N–H and O–H groups in total. The van der Waals surface area contributed by atoms with Crippen LogP contribution in [0.2, 0.25) is 5.02 Å². The number of hydrogen-bond donors (Lipinski definition) is 1. The van der Waals surface area contributed by atoms with Crippen LogP contribution in [-0.4, -0.2) is 28.0 Å². The molecule has 0 spiro atoms. The molecule has 7 heteroatoms. The molecule has 0 aliphatic rings. The third-order valence-corrected chi connectivity index (χ3v) is 3.03. The van der Waals surface area contributed by atoms with Crippen LogP contribution >= 0.6 is 11.6 Å². The second-order valence-electron chi connectivity index (χ2n) is 4.15. The Morgan fingerprint density at radius 1 is 1.15 bits per heavy atom. The number of nitrogens with zero attached hydrogens (tertiary/aromatic N) is 4. The first-order valence-electron chi connectivity index (χ1n) is 6.26. The molecule has 1 heterocycles. The standard InChI is InChI=1S/C13H15ClFN5/c1-3-20(4-2)13-18-11(17-12(16)19-13)8-5-9(14)7-10(15)6-8/h5-7H,3-4H2,1-2H3,(H2,16,17,18,19). The van der Waals surface area contributed by atoms with Crippen molar-refractivity contribution in [3.8, 4) is 11.4 Å². The van der Waals surface area contributed by atoms with E-state index in [2.05, 4.69) is 15.0 Å². The van der Waals surface area contributed by atoms with E-state index in [4.69, 9.17) is 17.3 Å². The van der Waals surface area contributed by atoms with Gasteiger partial charge in [0, 0.05) is 23.7 Å². The molecule has 0 atom stereocenters.